The van der Waals surface area contributed by atoms with Crippen LogP contribution in [-0.4, -0.2) is 35.8 Å². The molecule has 0 fully saturated rings. The second kappa shape index (κ2) is 7.54. The van der Waals surface area contributed by atoms with Crippen molar-refractivity contribution in [2.24, 2.45) is 0 Å². The van der Waals surface area contributed by atoms with Gasteiger partial charge in [-0.2, -0.15) is 0 Å². The molecular formula is C20H18ClN3O2. The molecule has 132 valence electrons. The van der Waals surface area contributed by atoms with Crippen LogP contribution in [0.25, 0.3) is 10.9 Å². The second-order valence-electron chi connectivity index (χ2n) is 5.97. The third-order valence-electron chi connectivity index (χ3n) is 4.11. The lowest BCUT2D eigenvalue weighted by Gasteiger charge is -2.18. The van der Waals surface area contributed by atoms with Crippen LogP contribution in [-0.2, 0) is 6.54 Å². The van der Waals surface area contributed by atoms with Gasteiger partial charge in [-0.15, -0.1) is 0 Å². The van der Waals surface area contributed by atoms with E-state index in [1.807, 2.05) is 24.3 Å². The zero-order valence-electron chi connectivity index (χ0n) is 14.5. The number of hydrogen-bond acceptors (Lipinski definition) is 3. The number of amides is 2. The van der Waals surface area contributed by atoms with Crippen LogP contribution >= 0.6 is 11.6 Å². The number of hydrogen-bond donors (Lipinski definition) is 1. The maximum atomic E-state index is 12.9. The van der Waals surface area contributed by atoms with Crippen molar-refractivity contribution in [3.05, 3.63) is 76.4 Å². The molecule has 2 amide bonds. The van der Waals surface area contributed by atoms with Crippen LogP contribution in [0.2, 0.25) is 5.02 Å². The van der Waals surface area contributed by atoms with Gasteiger partial charge in [0.05, 0.1) is 11.1 Å². The molecule has 3 rings (SSSR count). The summed E-state index contributed by atoms with van der Waals surface area (Å²) in [5.74, 6) is -0.302. The SMILES string of the molecule is CNC(=O)c1ccc(CN(C)C(=O)c2cc(Cl)cc3cccnc23)cc1. The summed E-state index contributed by atoms with van der Waals surface area (Å²) in [6, 6.07) is 14.3. The molecule has 1 heterocycles. The van der Waals surface area contributed by atoms with E-state index >= 15 is 0 Å². The third-order valence-corrected chi connectivity index (χ3v) is 4.33. The van der Waals surface area contributed by atoms with Gasteiger partial charge in [0.25, 0.3) is 11.8 Å². The van der Waals surface area contributed by atoms with E-state index in [-0.39, 0.29) is 11.8 Å². The number of nitrogens with zero attached hydrogens (tertiary/aromatic N) is 2. The number of pyridine rings is 1. The first-order chi connectivity index (χ1) is 12.5. The van der Waals surface area contributed by atoms with Crippen molar-refractivity contribution in [3.63, 3.8) is 0 Å². The van der Waals surface area contributed by atoms with Gasteiger partial charge >= 0.3 is 0 Å². The second-order valence-corrected chi connectivity index (χ2v) is 6.40. The molecular weight excluding hydrogens is 350 g/mol. The average molecular weight is 368 g/mol. The Morgan fingerprint density at radius 1 is 1.15 bits per heavy atom. The highest BCUT2D eigenvalue weighted by atomic mass is 35.5. The van der Waals surface area contributed by atoms with Crippen LogP contribution in [0.5, 0.6) is 0 Å². The standard InChI is InChI=1S/C20H18ClN3O2/c1-22-19(25)14-7-5-13(6-8-14)12-24(2)20(26)17-11-16(21)10-15-4-3-9-23-18(15)17/h3-11H,12H2,1-2H3,(H,22,25). The van der Waals surface area contributed by atoms with E-state index in [1.54, 1.807) is 49.5 Å². The molecule has 1 aromatic heterocycles. The molecule has 0 saturated heterocycles. The Balaban J connectivity index is 1.83. The van der Waals surface area contributed by atoms with Crippen LogP contribution in [0.15, 0.2) is 54.7 Å². The van der Waals surface area contributed by atoms with Gasteiger partial charge in [0, 0.05) is 42.8 Å². The molecule has 0 spiro atoms. The van der Waals surface area contributed by atoms with Crippen molar-refractivity contribution in [2.45, 2.75) is 6.54 Å². The normalized spacial score (nSPS) is 10.6. The molecule has 0 aliphatic rings. The summed E-state index contributed by atoms with van der Waals surface area (Å²) in [6.45, 7) is 0.410. The van der Waals surface area contributed by atoms with Gasteiger partial charge in [0.2, 0.25) is 0 Å². The van der Waals surface area contributed by atoms with Gasteiger partial charge in [-0.3, -0.25) is 14.6 Å². The molecule has 2 aromatic carbocycles. The molecule has 0 saturated carbocycles. The summed E-state index contributed by atoms with van der Waals surface area (Å²) in [4.78, 5) is 30.4. The number of nitrogens with one attached hydrogen (secondary N) is 1. The zero-order chi connectivity index (χ0) is 18.7. The highest BCUT2D eigenvalue weighted by molar-refractivity contribution is 6.32. The first-order valence-corrected chi connectivity index (χ1v) is 8.48. The van der Waals surface area contributed by atoms with E-state index in [1.165, 1.54) is 0 Å². The summed E-state index contributed by atoms with van der Waals surface area (Å²) in [6.07, 6.45) is 1.66. The third kappa shape index (κ3) is 3.68. The van der Waals surface area contributed by atoms with Gasteiger partial charge < -0.3 is 10.2 Å². The number of carbonyl (C=O) groups is 2. The van der Waals surface area contributed by atoms with Crippen molar-refractivity contribution in [1.29, 1.82) is 0 Å². The summed E-state index contributed by atoms with van der Waals surface area (Å²) >= 11 is 6.16. The molecule has 6 heteroatoms. The molecule has 5 nitrogen and oxygen atoms in total. The fraction of sp³-hybridized carbons (Fsp3) is 0.150. The Morgan fingerprint density at radius 3 is 2.58 bits per heavy atom. The minimum atomic E-state index is -0.161. The van der Waals surface area contributed by atoms with Gasteiger partial charge in [-0.05, 0) is 35.9 Å². The van der Waals surface area contributed by atoms with E-state index in [4.69, 9.17) is 11.6 Å². The largest absolute Gasteiger partial charge is 0.355 e. The molecule has 1 N–H and O–H groups in total. The Morgan fingerprint density at radius 2 is 1.88 bits per heavy atom. The number of carbonyl (C=O) groups excluding carboxylic acids is 2. The summed E-state index contributed by atoms with van der Waals surface area (Å²) in [5.41, 5.74) is 2.60. The van der Waals surface area contributed by atoms with Crippen LogP contribution in [0.3, 0.4) is 0 Å². The smallest absolute Gasteiger partial charge is 0.256 e. The van der Waals surface area contributed by atoms with Crippen LogP contribution in [0.4, 0.5) is 0 Å². The van der Waals surface area contributed by atoms with Gasteiger partial charge in [0.1, 0.15) is 0 Å². The average Bonchev–Trinajstić information content (AvgIpc) is 2.66. The summed E-state index contributed by atoms with van der Waals surface area (Å²) in [5, 5.41) is 3.90. The molecule has 0 unspecified atom stereocenters. The van der Waals surface area contributed by atoms with E-state index in [2.05, 4.69) is 10.3 Å². The summed E-state index contributed by atoms with van der Waals surface area (Å²) < 4.78 is 0. The molecule has 3 aromatic rings. The number of halogens is 1. The Bertz CT molecular complexity index is 970. The van der Waals surface area contributed by atoms with Crippen LogP contribution < -0.4 is 5.32 Å². The quantitative estimate of drug-likeness (QED) is 0.767. The molecule has 0 aliphatic carbocycles. The van der Waals surface area contributed by atoms with Gasteiger partial charge in [0.15, 0.2) is 0 Å². The van der Waals surface area contributed by atoms with Crippen molar-refractivity contribution in [2.75, 3.05) is 14.1 Å². The van der Waals surface area contributed by atoms with E-state index in [0.29, 0.717) is 28.2 Å². The highest BCUT2D eigenvalue weighted by Crippen LogP contribution is 2.23. The summed E-state index contributed by atoms with van der Waals surface area (Å²) in [7, 11) is 3.32. The minimum Gasteiger partial charge on any atom is -0.355 e. The lowest BCUT2D eigenvalue weighted by Crippen LogP contribution is -2.26. The van der Waals surface area contributed by atoms with E-state index < -0.39 is 0 Å². The maximum absolute atomic E-state index is 12.9. The fourth-order valence-corrected chi connectivity index (χ4v) is 3.00. The Kier molecular flexibility index (Phi) is 5.19. The number of aromatic nitrogens is 1. The van der Waals surface area contributed by atoms with Crippen molar-refractivity contribution in [3.8, 4) is 0 Å². The number of fused-ring (bicyclic) bond motifs is 1. The number of rotatable bonds is 4. The van der Waals surface area contributed by atoms with E-state index in [0.717, 1.165) is 10.9 Å². The van der Waals surface area contributed by atoms with Crippen molar-refractivity contribution >= 4 is 34.3 Å². The van der Waals surface area contributed by atoms with Gasteiger partial charge in [-0.25, -0.2) is 0 Å². The predicted molar refractivity (Wildman–Crippen MR) is 102 cm³/mol. The van der Waals surface area contributed by atoms with Crippen molar-refractivity contribution in [1.82, 2.24) is 15.2 Å². The lowest BCUT2D eigenvalue weighted by atomic mass is 10.1. The Hall–Kier alpha value is -2.92. The first-order valence-electron chi connectivity index (χ1n) is 8.10. The number of benzene rings is 2. The topological polar surface area (TPSA) is 62.3 Å². The zero-order valence-corrected chi connectivity index (χ0v) is 15.2. The monoisotopic (exact) mass is 367 g/mol. The Labute approximate surface area is 156 Å². The molecule has 0 atom stereocenters. The fourth-order valence-electron chi connectivity index (χ4n) is 2.78. The molecule has 0 radical (unpaired) electrons. The van der Waals surface area contributed by atoms with Crippen molar-refractivity contribution < 1.29 is 9.59 Å². The van der Waals surface area contributed by atoms with Crippen LogP contribution in [0, 0.1) is 0 Å². The maximum Gasteiger partial charge on any atom is 0.256 e. The van der Waals surface area contributed by atoms with Gasteiger partial charge in [-0.1, -0.05) is 29.8 Å². The van der Waals surface area contributed by atoms with E-state index in [9.17, 15) is 9.59 Å². The lowest BCUT2D eigenvalue weighted by molar-refractivity contribution is 0.0786. The molecule has 0 aliphatic heterocycles. The predicted octanol–water partition coefficient (Wildman–Crippen LogP) is 3.52. The molecule has 0 bridgehead atoms. The highest BCUT2D eigenvalue weighted by Gasteiger charge is 2.17. The molecule has 26 heavy (non-hydrogen) atoms. The minimum absolute atomic E-state index is 0.141. The first kappa shape index (κ1) is 17.9. The van der Waals surface area contributed by atoms with Crippen LogP contribution in [0.1, 0.15) is 26.3 Å².